The molecule has 2 fully saturated rings. The molecule has 2 aromatic carbocycles. The SMILES string of the molecule is CCOC(=O)c1cnn(-c2cccc(-c3cccc(OC(C)C4CCOCC4)c3)c2)c1C1CC1c1cn(C)nn1. The van der Waals surface area contributed by atoms with Gasteiger partial charge in [-0.3, -0.25) is 4.68 Å². The van der Waals surface area contributed by atoms with Crippen LogP contribution in [0, 0.1) is 5.92 Å². The molecular formula is C31H35N5O4. The van der Waals surface area contributed by atoms with Crippen LogP contribution in [0.15, 0.2) is 60.9 Å². The summed E-state index contributed by atoms with van der Waals surface area (Å²) in [7, 11) is 1.86. The van der Waals surface area contributed by atoms with Crippen LogP contribution in [0.5, 0.6) is 5.75 Å². The number of carbonyl (C=O) groups is 1. The van der Waals surface area contributed by atoms with E-state index in [-0.39, 0.29) is 23.9 Å². The number of hydrogen-bond acceptors (Lipinski definition) is 7. The van der Waals surface area contributed by atoms with Crippen molar-refractivity contribution in [2.45, 2.75) is 51.0 Å². The van der Waals surface area contributed by atoms with E-state index in [9.17, 15) is 4.79 Å². The minimum absolute atomic E-state index is 0.102. The second-order valence-electron chi connectivity index (χ2n) is 10.7. The van der Waals surface area contributed by atoms with Crippen LogP contribution in [0.1, 0.15) is 66.7 Å². The first-order valence-corrected chi connectivity index (χ1v) is 14.1. The third kappa shape index (κ3) is 5.38. The van der Waals surface area contributed by atoms with Gasteiger partial charge in [0.1, 0.15) is 11.3 Å². The zero-order valence-electron chi connectivity index (χ0n) is 23.2. The molecule has 1 saturated heterocycles. The summed E-state index contributed by atoms with van der Waals surface area (Å²) in [5.41, 5.74) is 5.27. The van der Waals surface area contributed by atoms with Crippen LogP contribution in [-0.4, -0.2) is 56.7 Å². The smallest absolute Gasteiger partial charge is 0.341 e. The monoisotopic (exact) mass is 541 g/mol. The van der Waals surface area contributed by atoms with Crippen LogP contribution < -0.4 is 4.74 Å². The summed E-state index contributed by atoms with van der Waals surface area (Å²) < 4.78 is 20.8. The van der Waals surface area contributed by atoms with Crippen molar-refractivity contribution < 1.29 is 19.0 Å². The number of carbonyl (C=O) groups excluding carboxylic acids is 1. The van der Waals surface area contributed by atoms with Crippen molar-refractivity contribution in [1.82, 2.24) is 24.8 Å². The fourth-order valence-corrected chi connectivity index (χ4v) is 5.71. The quantitative estimate of drug-likeness (QED) is 0.265. The Labute approximate surface area is 234 Å². The molecule has 208 valence electrons. The van der Waals surface area contributed by atoms with Crippen molar-refractivity contribution in [3.8, 4) is 22.6 Å². The van der Waals surface area contributed by atoms with Crippen LogP contribution in [0.4, 0.5) is 0 Å². The molecule has 0 N–H and O–H groups in total. The summed E-state index contributed by atoms with van der Waals surface area (Å²) in [5.74, 6) is 1.29. The number of esters is 1. The molecule has 9 heteroatoms. The maximum absolute atomic E-state index is 12.9. The van der Waals surface area contributed by atoms with Gasteiger partial charge in [-0.25, -0.2) is 9.48 Å². The minimum Gasteiger partial charge on any atom is -0.490 e. The van der Waals surface area contributed by atoms with Crippen molar-refractivity contribution in [3.63, 3.8) is 0 Å². The van der Waals surface area contributed by atoms with Crippen molar-refractivity contribution in [1.29, 1.82) is 0 Å². The zero-order chi connectivity index (χ0) is 27.6. The Hall–Kier alpha value is -3.98. The molecule has 2 aliphatic rings. The Bertz CT molecular complexity index is 1490. The van der Waals surface area contributed by atoms with E-state index >= 15 is 0 Å². The predicted octanol–water partition coefficient (Wildman–Crippen LogP) is 5.31. The fourth-order valence-electron chi connectivity index (χ4n) is 5.71. The molecule has 0 amide bonds. The lowest BCUT2D eigenvalue weighted by molar-refractivity contribution is 0.0239. The Morgan fingerprint density at radius 1 is 1.10 bits per heavy atom. The van der Waals surface area contributed by atoms with E-state index in [1.165, 1.54) is 0 Å². The first kappa shape index (κ1) is 26.3. The summed E-state index contributed by atoms with van der Waals surface area (Å²) in [6.45, 7) is 5.88. The van der Waals surface area contributed by atoms with Crippen molar-refractivity contribution >= 4 is 5.97 Å². The number of aryl methyl sites for hydroxylation is 1. The van der Waals surface area contributed by atoms with Gasteiger partial charge in [0.2, 0.25) is 0 Å². The van der Waals surface area contributed by atoms with Crippen LogP contribution in [0.3, 0.4) is 0 Å². The largest absolute Gasteiger partial charge is 0.490 e. The molecule has 9 nitrogen and oxygen atoms in total. The van der Waals surface area contributed by atoms with Gasteiger partial charge in [0.15, 0.2) is 0 Å². The molecule has 0 radical (unpaired) electrons. The van der Waals surface area contributed by atoms with Crippen LogP contribution in [0.25, 0.3) is 16.8 Å². The zero-order valence-corrected chi connectivity index (χ0v) is 23.2. The molecule has 3 unspecified atom stereocenters. The second-order valence-corrected chi connectivity index (χ2v) is 10.7. The number of ether oxygens (including phenoxy) is 3. The van der Waals surface area contributed by atoms with E-state index in [0.717, 1.165) is 66.4 Å². The molecule has 0 bridgehead atoms. The molecule has 4 aromatic rings. The number of rotatable bonds is 9. The lowest BCUT2D eigenvalue weighted by Gasteiger charge is -2.28. The van der Waals surface area contributed by atoms with E-state index in [0.29, 0.717) is 18.1 Å². The molecule has 3 atom stereocenters. The Balaban J connectivity index is 1.29. The van der Waals surface area contributed by atoms with Gasteiger partial charge in [-0.1, -0.05) is 29.5 Å². The number of hydrogen-bond donors (Lipinski definition) is 0. The van der Waals surface area contributed by atoms with Crippen LogP contribution in [0.2, 0.25) is 0 Å². The fraction of sp³-hybridized carbons (Fsp3) is 0.419. The maximum atomic E-state index is 12.9. The number of aromatic nitrogens is 5. The Morgan fingerprint density at radius 3 is 2.62 bits per heavy atom. The van der Waals surface area contributed by atoms with Gasteiger partial charge >= 0.3 is 5.97 Å². The Kier molecular flexibility index (Phi) is 7.38. The standard InChI is InChI=1S/C31H35N5O4/c1-4-39-31(37)28-18-32-36(30(28)27-17-26(27)29-19-35(3)34-33-29)24-9-5-7-22(15-24)23-8-6-10-25(16-23)40-20(2)21-11-13-38-14-12-21/h5-10,15-16,18-21,26-27H,4,11-14,17H2,1-3H3. The topological polar surface area (TPSA) is 93.3 Å². The molecule has 3 heterocycles. The van der Waals surface area contributed by atoms with E-state index in [1.54, 1.807) is 10.9 Å². The van der Waals surface area contributed by atoms with Gasteiger partial charge in [0.25, 0.3) is 0 Å². The molecule has 2 aromatic heterocycles. The van der Waals surface area contributed by atoms with Gasteiger partial charge in [-0.2, -0.15) is 5.10 Å². The highest BCUT2D eigenvalue weighted by molar-refractivity contribution is 5.91. The summed E-state index contributed by atoms with van der Waals surface area (Å²) in [5, 5.41) is 13.1. The van der Waals surface area contributed by atoms with E-state index in [2.05, 4.69) is 46.6 Å². The first-order valence-electron chi connectivity index (χ1n) is 14.1. The minimum atomic E-state index is -0.354. The second kappa shape index (κ2) is 11.3. The van der Waals surface area contributed by atoms with Gasteiger partial charge < -0.3 is 14.2 Å². The lowest BCUT2D eigenvalue weighted by Crippen LogP contribution is -2.29. The van der Waals surface area contributed by atoms with Crippen LogP contribution in [-0.2, 0) is 16.5 Å². The third-order valence-electron chi connectivity index (χ3n) is 7.95. The van der Waals surface area contributed by atoms with Gasteiger partial charge in [-0.15, -0.1) is 5.10 Å². The predicted molar refractivity (Wildman–Crippen MR) is 150 cm³/mol. The van der Waals surface area contributed by atoms with Crippen LogP contribution >= 0.6 is 0 Å². The van der Waals surface area contributed by atoms with Crippen molar-refractivity contribution in [2.24, 2.45) is 13.0 Å². The summed E-state index contributed by atoms with van der Waals surface area (Å²) in [4.78, 5) is 12.9. The van der Waals surface area contributed by atoms with E-state index < -0.39 is 0 Å². The summed E-state index contributed by atoms with van der Waals surface area (Å²) >= 11 is 0. The summed E-state index contributed by atoms with van der Waals surface area (Å²) in [6.07, 6.45) is 6.62. The Morgan fingerprint density at radius 2 is 1.88 bits per heavy atom. The van der Waals surface area contributed by atoms with E-state index in [4.69, 9.17) is 14.2 Å². The third-order valence-corrected chi connectivity index (χ3v) is 7.95. The average molecular weight is 542 g/mol. The van der Waals surface area contributed by atoms with Crippen molar-refractivity contribution in [3.05, 3.63) is 77.9 Å². The first-order chi connectivity index (χ1) is 19.5. The molecule has 1 saturated carbocycles. The number of nitrogens with zero attached hydrogens (tertiary/aromatic N) is 5. The summed E-state index contributed by atoms with van der Waals surface area (Å²) in [6, 6.07) is 16.4. The van der Waals surface area contributed by atoms with E-state index in [1.807, 2.05) is 49.1 Å². The molecule has 0 spiro atoms. The van der Waals surface area contributed by atoms with Crippen molar-refractivity contribution in [2.75, 3.05) is 19.8 Å². The lowest BCUT2D eigenvalue weighted by atomic mass is 9.95. The van der Waals surface area contributed by atoms with Gasteiger partial charge in [-0.05, 0) is 74.4 Å². The maximum Gasteiger partial charge on any atom is 0.341 e. The molecule has 1 aliphatic carbocycles. The molecule has 6 rings (SSSR count). The molecule has 1 aliphatic heterocycles. The highest BCUT2D eigenvalue weighted by Crippen LogP contribution is 2.55. The normalized spacial score (nSPS) is 19.8. The van der Waals surface area contributed by atoms with Gasteiger partial charge in [0, 0.05) is 38.3 Å². The highest BCUT2D eigenvalue weighted by Gasteiger charge is 2.46. The highest BCUT2D eigenvalue weighted by atomic mass is 16.5. The number of benzene rings is 2. The average Bonchev–Trinajstić information content (AvgIpc) is 3.43. The molecular weight excluding hydrogens is 506 g/mol. The van der Waals surface area contributed by atoms with Gasteiger partial charge in [0.05, 0.1) is 36.0 Å². The molecule has 40 heavy (non-hydrogen) atoms.